The average Bonchev–Trinajstić information content (AvgIpc) is 3.00. The summed E-state index contributed by atoms with van der Waals surface area (Å²) in [6.07, 6.45) is 14.8. The molecule has 5 heteroatoms. The van der Waals surface area contributed by atoms with Crippen molar-refractivity contribution in [2.24, 2.45) is 16.3 Å². The molecule has 5 nitrogen and oxygen atoms in total. The maximum absolute atomic E-state index is 11.8. The Morgan fingerprint density at radius 2 is 2.23 bits per heavy atom. The van der Waals surface area contributed by atoms with E-state index < -0.39 is 5.54 Å². The number of rotatable bonds is 9. The van der Waals surface area contributed by atoms with Crippen molar-refractivity contribution in [1.29, 1.82) is 0 Å². The average molecular weight is 358 g/mol. The highest BCUT2D eigenvalue weighted by Crippen LogP contribution is 2.46. The molecule has 0 saturated carbocycles. The highest BCUT2D eigenvalue weighted by Gasteiger charge is 2.54. The second kappa shape index (κ2) is 9.72. The van der Waals surface area contributed by atoms with Crippen molar-refractivity contribution in [2.75, 3.05) is 13.2 Å². The third kappa shape index (κ3) is 4.44. The lowest BCUT2D eigenvalue weighted by molar-refractivity contribution is 0.0422. The smallest absolute Gasteiger partial charge is 0.156 e. The minimum atomic E-state index is -0.889. The van der Waals surface area contributed by atoms with Gasteiger partial charge in [-0.3, -0.25) is 0 Å². The van der Waals surface area contributed by atoms with Crippen LogP contribution in [-0.4, -0.2) is 24.8 Å². The molecule has 0 aromatic carbocycles. The summed E-state index contributed by atoms with van der Waals surface area (Å²) in [7, 11) is 0. The van der Waals surface area contributed by atoms with Crippen LogP contribution in [0.15, 0.2) is 57.5 Å². The van der Waals surface area contributed by atoms with Crippen molar-refractivity contribution in [3.05, 3.63) is 56.9 Å². The zero-order chi connectivity index (χ0) is 19.0. The van der Waals surface area contributed by atoms with Crippen molar-refractivity contribution in [2.45, 2.75) is 64.5 Å². The molecule has 1 aliphatic carbocycles. The van der Waals surface area contributed by atoms with E-state index >= 15 is 0 Å². The normalized spacial score (nSPS) is 30.5. The summed E-state index contributed by atoms with van der Waals surface area (Å²) in [4.78, 5) is 22.5. The number of unbranched alkanes of at least 4 members (excludes halogenated alkanes) is 1. The molecule has 1 aliphatic heterocycles. The maximum Gasteiger partial charge on any atom is 0.156 e. The van der Waals surface area contributed by atoms with Crippen LogP contribution >= 0.6 is 0 Å². The van der Waals surface area contributed by atoms with Gasteiger partial charge >= 0.3 is 0 Å². The van der Waals surface area contributed by atoms with E-state index in [2.05, 4.69) is 36.4 Å². The molecule has 0 aromatic heterocycles. The van der Waals surface area contributed by atoms with Gasteiger partial charge in [-0.1, -0.05) is 58.8 Å². The minimum Gasteiger partial charge on any atom is -0.370 e. The molecule has 1 heterocycles. The number of nitroso groups, excluding NO2 is 2. The van der Waals surface area contributed by atoms with Crippen LogP contribution in [0.5, 0.6) is 0 Å². The van der Waals surface area contributed by atoms with Gasteiger partial charge in [0.2, 0.25) is 0 Å². The molecule has 26 heavy (non-hydrogen) atoms. The predicted molar refractivity (Wildman–Crippen MR) is 106 cm³/mol. The standard InChI is InChI=1S/C21H30N2O3/c1-4-9-16(2)10-7-5-6-8-11-18-15-26-20-19(14-22-24)17(3)12-13-21(18,20)23-25/h6,8-9,11-12,19-20H,4-5,7,10,13-15H2,1-3H3/b8-6+,16-9+,18-11+/t19?,20-,21?/m1/s1. The molecule has 0 bridgehead atoms. The lowest BCUT2D eigenvalue weighted by Crippen LogP contribution is -2.46. The van der Waals surface area contributed by atoms with Crippen LogP contribution in [0.1, 0.15) is 52.9 Å². The summed E-state index contributed by atoms with van der Waals surface area (Å²) in [5.41, 5.74) is 2.51. The van der Waals surface area contributed by atoms with Gasteiger partial charge in [0.25, 0.3) is 0 Å². The molecule has 0 aromatic rings. The molecule has 2 rings (SSSR count). The number of ether oxygens (including phenoxy) is 1. The van der Waals surface area contributed by atoms with E-state index in [1.165, 1.54) is 5.57 Å². The Kier molecular flexibility index (Phi) is 7.64. The zero-order valence-corrected chi connectivity index (χ0v) is 16.1. The van der Waals surface area contributed by atoms with E-state index in [0.29, 0.717) is 13.0 Å². The van der Waals surface area contributed by atoms with Gasteiger partial charge in [-0.2, -0.15) is 4.91 Å². The summed E-state index contributed by atoms with van der Waals surface area (Å²) in [6, 6.07) is 0. The van der Waals surface area contributed by atoms with Gasteiger partial charge in [-0.15, -0.1) is 4.91 Å². The number of hydrogen-bond donors (Lipinski definition) is 0. The largest absolute Gasteiger partial charge is 0.370 e. The van der Waals surface area contributed by atoms with Crippen LogP contribution < -0.4 is 0 Å². The highest BCUT2D eigenvalue weighted by atomic mass is 16.5. The first-order valence-corrected chi connectivity index (χ1v) is 9.52. The quantitative estimate of drug-likeness (QED) is 0.304. The second-order valence-electron chi connectivity index (χ2n) is 7.29. The summed E-state index contributed by atoms with van der Waals surface area (Å²) in [5, 5.41) is 6.51. The molecule has 142 valence electrons. The van der Waals surface area contributed by atoms with Gasteiger partial charge in [-0.25, -0.2) is 0 Å². The summed E-state index contributed by atoms with van der Waals surface area (Å²) in [6.45, 7) is 6.80. The molecule has 0 N–H and O–H groups in total. The minimum absolute atomic E-state index is 0.123. The third-order valence-electron chi connectivity index (χ3n) is 5.49. The predicted octanol–water partition coefficient (Wildman–Crippen LogP) is 5.63. The van der Waals surface area contributed by atoms with Crippen molar-refractivity contribution < 1.29 is 4.74 Å². The van der Waals surface area contributed by atoms with Gasteiger partial charge < -0.3 is 4.74 Å². The molecule has 0 radical (unpaired) electrons. The number of hydrogen-bond acceptors (Lipinski definition) is 5. The maximum atomic E-state index is 11.8. The number of nitrogens with zero attached hydrogens (tertiary/aromatic N) is 2. The Labute approximate surface area is 156 Å². The lowest BCUT2D eigenvalue weighted by Gasteiger charge is -2.36. The molecule has 0 amide bonds. The van der Waals surface area contributed by atoms with Crippen LogP contribution in [0, 0.1) is 15.7 Å². The first-order valence-electron chi connectivity index (χ1n) is 9.52. The Morgan fingerprint density at radius 3 is 2.92 bits per heavy atom. The summed E-state index contributed by atoms with van der Waals surface area (Å²) < 4.78 is 5.89. The van der Waals surface area contributed by atoms with Gasteiger partial charge in [0.15, 0.2) is 5.54 Å². The summed E-state index contributed by atoms with van der Waals surface area (Å²) >= 11 is 0. The molecule has 0 spiro atoms. The number of allylic oxidation sites excluding steroid dienone is 5. The van der Waals surface area contributed by atoms with Crippen molar-refractivity contribution in [3.8, 4) is 0 Å². The van der Waals surface area contributed by atoms with E-state index in [1.54, 1.807) is 0 Å². The van der Waals surface area contributed by atoms with Crippen LogP contribution in [0.2, 0.25) is 0 Å². The van der Waals surface area contributed by atoms with Gasteiger partial charge in [0, 0.05) is 12.3 Å². The van der Waals surface area contributed by atoms with Gasteiger partial charge in [0.1, 0.15) is 0 Å². The van der Waals surface area contributed by atoms with E-state index in [4.69, 9.17) is 4.74 Å². The second-order valence-corrected chi connectivity index (χ2v) is 7.29. The molecule has 1 saturated heterocycles. The fraction of sp³-hybridized carbons (Fsp3) is 0.619. The van der Waals surface area contributed by atoms with E-state index in [-0.39, 0.29) is 18.6 Å². The monoisotopic (exact) mass is 358 g/mol. The van der Waals surface area contributed by atoms with Crippen LogP contribution in [0.4, 0.5) is 0 Å². The first-order chi connectivity index (χ1) is 12.6. The fourth-order valence-corrected chi connectivity index (χ4v) is 3.92. The summed E-state index contributed by atoms with van der Waals surface area (Å²) in [5.74, 6) is -0.165. The molecule has 2 unspecified atom stereocenters. The molecule has 2 aliphatic rings. The molecular formula is C21H30N2O3. The van der Waals surface area contributed by atoms with Crippen LogP contribution in [-0.2, 0) is 4.74 Å². The SMILES string of the molecule is CC/C=C(\C)CCC/C=C/C=C1\CO[C@@H]2C(CN=O)C(C)=CCC12N=O. The zero-order valence-electron chi connectivity index (χ0n) is 16.1. The van der Waals surface area contributed by atoms with Crippen molar-refractivity contribution >= 4 is 0 Å². The van der Waals surface area contributed by atoms with Crippen molar-refractivity contribution in [1.82, 2.24) is 0 Å². The Bertz CT molecular complexity index is 633. The Morgan fingerprint density at radius 1 is 1.42 bits per heavy atom. The first kappa shape index (κ1) is 20.4. The Hall–Kier alpha value is -1.88. The number of fused-ring (bicyclic) bond motifs is 1. The Balaban J connectivity index is 2.03. The van der Waals surface area contributed by atoms with Crippen LogP contribution in [0.25, 0.3) is 0 Å². The fourth-order valence-electron chi connectivity index (χ4n) is 3.92. The topological polar surface area (TPSA) is 68.1 Å². The van der Waals surface area contributed by atoms with E-state index in [9.17, 15) is 9.81 Å². The molecular weight excluding hydrogens is 328 g/mol. The van der Waals surface area contributed by atoms with Crippen LogP contribution in [0.3, 0.4) is 0 Å². The van der Waals surface area contributed by atoms with E-state index in [0.717, 1.165) is 36.8 Å². The van der Waals surface area contributed by atoms with Crippen molar-refractivity contribution in [3.63, 3.8) is 0 Å². The lowest BCUT2D eigenvalue weighted by atomic mass is 9.72. The van der Waals surface area contributed by atoms with E-state index in [1.807, 2.05) is 25.2 Å². The van der Waals surface area contributed by atoms with Gasteiger partial charge in [0.05, 0.1) is 19.3 Å². The van der Waals surface area contributed by atoms with Gasteiger partial charge in [-0.05, 0) is 45.1 Å². The third-order valence-corrected chi connectivity index (χ3v) is 5.49. The molecule has 3 atom stereocenters. The highest BCUT2D eigenvalue weighted by molar-refractivity contribution is 5.37. The molecule has 1 fully saturated rings.